The van der Waals surface area contributed by atoms with Crippen molar-refractivity contribution in [2.75, 3.05) is 4.72 Å². The standard InChI is InChI=1S/C17H14F3N3O2S/c1-12-2-5-14(6-3-12)26(24,25)22-13-4-7-16(23-9-8-21-11-23)15(10-13)17(18,19)20/h2-11,22H,1H3. The van der Waals surface area contributed by atoms with Gasteiger partial charge >= 0.3 is 6.18 Å². The fourth-order valence-corrected chi connectivity index (χ4v) is 3.43. The Morgan fingerprint density at radius 2 is 1.77 bits per heavy atom. The number of hydrogen-bond donors (Lipinski definition) is 1. The van der Waals surface area contributed by atoms with Crippen LogP contribution < -0.4 is 4.72 Å². The summed E-state index contributed by atoms with van der Waals surface area (Å²) < 4.78 is 68.4. The van der Waals surface area contributed by atoms with Gasteiger partial charge in [-0.1, -0.05) is 17.7 Å². The first-order valence-electron chi connectivity index (χ1n) is 7.46. The van der Waals surface area contributed by atoms with E-state index >= 15 is 0 Å². The first-order chi connectivity index (χ1) is 12.2. The summed E-state index contributed by atoms with van der Waals surface area (Å²) in [4.78, 5) is 3.70. The summed E-state index contributed by atoms with van der Waals surface area (Å²) in [6, 6.07) is 9.23. The van der Waals surface area contributed by atoms with Crippen molar-refractivity contribution in [3.05, 3.63) is 72.3 Å². The smallest absolute Gasteiger partial charge is 0.306 e. The normalized spacial score (nSPS) is 12.2. The summed E-state index contributed by atoms with van der Waals surface area (Å²) in [5.74, 6) is 0. The number of alkyl halides is 3. The largest absolute Gasteiger partial charge is 0.418 e. The minimum absolute atomic E-state index is 0.0321. The maximum absolute atomic E-state index is 13.4. The van der Waals surface area contributed by atoms with Crippen molar-refractivity contribution in [3.8, 4) is 5.69 Å². The van der Waals surface area contributed by atoms with E-state index in [1.165, 1.54) is 47.6 Å². The Morgan fingerprint density at radius 1 is 1.08 bits per heavy atom. The highest BCUT2D eigenvalue weighted by Gasteiger charge is 2.34. The molecule has 2 aromatic carbocycles. The molecule has 5 nitrogen and oxygen atoms in total. The number of rotatable bonds is 4. The van der Waals surface area contributed by atoms with Crippen molar-refractivity contribution < 1.29 is 21.6 Å². The molecule has 0 unspecified atom stereocenters. The minimum Gasteiger partial charge on any atom is -0.306 e. The van der Waals surface area contributed by atoms with E-state index in [0.29, 0.717) is 0 Å². The molecule has 0 saturated heterocycles. The van der Waals surface area contributed by atoms with Crippen LogP contribution >= 0.6 is 0 Å². The van der Waals surface area contributed by atoms with Gasteiger partial charge in [0.2, 0.25) is 0 Å². The van der Waals surface area contributed by atoms with Crippen LogP contribution in [0.4, 0.5) is 18.9 Å². The second-order valence-electron chi connectivity index (χ2n) is 5.62. The van der Waals surface area contributed by atoms with E-state index in [9.17, 15) is 21.6 Å². The first-order valence-corrected chi connectivity index (χ1v) is 8.94. The lowest BCUT2D eigenvalue weighted by atomic mass is 10.1. The lowest BCUT2D eigenvalue weighted by Gasteiger charge is -2.16. The molecule has 3 aromatic rings. The summed E-state index contributed by atoms with van der Waals surface area (Å²) >= 11 is 0. The predicted octanol–water partition coefficient (Wildman–Crippen LogP) is 4.00. The van der Waals surface area contributed by atoms with Crippen molar-refractivity contribution in [2.45, 2.75) is 18.0 Å². The van der Waals surface area contributed by atoms with Gasteiger partial charge in [0.15, 0.2) is 0 Å². The fraction of sp³-hybridized carbons (Fsp3) is 0.118. The molecule has 0 aliphatic carbocycles. The van der Waals surface area contributed by atoms with Gasteiger partial charge in [-0.25, -0.2) is 13.4 Å². The van der Waals surface area contributed by atoms with Crippen molar-refractivity contribution in [2.24, 2.45) is 0 Å². The number of aromatic nitrogens is 2. The molecule has 0 atom stereocenters. The average Bonchev–Trinajstić information content (AvgIpc) is 3.08. The number of aryl methyl sites for hydroxylation is 1. The van der Waals surface area contributed by atoms with E-state index < -0.39 is 21.8 Å². The zero-order valence-corrected chi connectivity index (χ0v) is 14.3. The number of anilines is 1. The molecule has 0 fully saturated rings. The van der Waals surface area contributed by atoms with E-state index in [4.69, 9.17) is 0 Å². The van der Waals surface area contributed by atoms with Gasteiger partial charge in [-0.15, -0.1) is 0 Å². The molecule has 0 saturated carbocycles. The van der Waals surface area contributed by atoms with Gasteiger partial charge in [-0.3, -0.25) is 4.72 Å². The lowest BCUT2D eigenvalue weighted by Crippen LogP contribution is -2.15. The van der Waals surface area contributed by atoms with Crippen LogP contribution in [0.2, 0.25) is 0 Å². The van der Waals surface area contributed by atoms with Crippen molar-refractivity contribution in [3.63, 3.8) is 0 Å². The summed E-state index contributed by atoms with van der Waals surface area (Å²) in [6.07, 6.45) is -0.694. The Kier molecular flexibility index (Phi) is 4.49. The quantitative estimate of drug-likeness (QED) is 0.743. The molecule has 0 aliphatic heterocycles. The molecule has 136 valence electrons. The van der Waals surface area contributed by atoms with Crippen LogP contribution in [0.25, 0.3) is 5.69 Å². The molecule has 9 heteroatoms. The van der Waals surface area contributed by atoms with Crippen LogP contribution in [0.3, 0.4) is 0 Å². The van der Waals surface area contributed by atoms with Gasteiger partial charge in [-0.2, -0.15) is 13.2 Å². The number of imidazole rings is 1. The second kappa shape index (κ2) is 6.49. The number of halogens is 3. The highest BCUT2D eigenvalue weighted by atomic mass is 32.2. The van der Waals surface area contributed by atoms with Gasteiger partial charge in [0.25, 0.3) is 10.0 Å². The van der Waals surface area contributed by atoms with Crippen molar-refractivity contribution >= 4 is 15.7 Å². The summed E-state index contributed by atoms with van der Waals surface area (Å²) in [7, 11) is -4.00. The second-order valence-corrected chi connectivity index (χ2v) is 7.30. The van der Waals surface area contributed by atoms with Crippen molar-refractivity contribution in [1.29, 1.82) is 0 Å². The molecule has 3 rings (SSSR count). The predicted molar refractivity (Wildman–Crippen MR) is 90.6 cm³/mol. The molecular formula is C17H14F3N3O2S. The number of hydrogen-bond acceptors (Lipinski definition) is 3. The van der Waals surface area contributed by atoms with Crippen LogP contribution in [0, 0.1) is 6.92 Å². The Morgan fingerprint density at radius 3 is 2.35 bits per heavy atom. The van der Waals surface area contributed by atoms with Gasteiger partial charge in [0, 0.05) is 18.1 Å². The third-order valence-electron chi connectivity index (χ3n) is 3.67. The third-order valence-corrected chi connectivity index (χ3v) is 5.07. The van der Waals surface area contributed by atoms with E-state index in [2.05, 4.69) is 9.71 Å². The molecule has 1 aromatic heterocycles. The number of benzene rings is 2. The van der Waals surface area contributed by atoms with Crippen LogP contribution in [0.5, 0.6) is 0 Å². The van der Waals surface area contributed by atoms with E-state index in [-0.39, 0.29) is 16.3 Å². The van der Waals surface area contributed by atoms with E-state index in [1.54, 1.807) is 19.1 Å². The Bertz CT molecular complexity index is 1010. The van der Waals surface area contributed by atoms with Gasteiger partial charge < -0.3 is 4.57 Å². The average molecular weight is 381 g/mol. The molecule has 0 aliphatic rings. The zero-order valence-electron chi connectivity index (χ0n) is 13.5. The molecule has 0 spiro atoms. The molecular weight excluding hydrogens is 367 g/mol. The summed E-state index contributed by atoms with van der Waals surface area (Å²) in [5, 5.41) is 0. The molecule has 0 amide bonds. The Hall–Kier alpha value is -2.81. The topological polar surface area (TPSA) is 64.0 Å². The molecule has 0 radical (unpaired) electrons. The maximum atomic E-state index is 13.4. The van der Waals surface area contributed by atoms with Gasteiger partial charge in [0.05, 0.1) is 22.5 Å². The van der Waals surface area contributed by atoms with E-state index in [0.717, 1.165) is 11.6 Å². The number of nitrogens with zero attached hydrogens (tertiary/aromatic N) is 2. The number of sulfonamides is 1. The molecule has 1 N–H and O–H groups in total. The Labute approximate surface area is 148 Å². The summed E-state index contributed by atoms with van der Waals surface area (Å²) in [5.41, 5.74) is -0.428. The number of nitrogens with one attached hydrogen (secondary N) is 1. The van der Waals surface area contributed by atoms with E-state index in [1.807, 2.05) is 0 Å². The van der Waals surface area contributed by atoms with Crippen molar-refractivity contribution in [1.82, 2.24) is 9.55 Å². The van der Waals surface area contributed by atoms with Gasteiger partial charge in [0.1, 0.15) is 0 Å². The fourth-order valence-electron chi connectivity index (χ4n) is 2.38. The molecule has 1 heterocycles. The van der Waals surface area contributed by atoms with Crippen LogP contribution in [-0.2, 0) is 16.2 Å². The van der Waals surface area contributed by atoms with Gasteiger partial charge in [-0.05, 0) is 37.3 Å². The third kappa shape index (κ3) is 3.72. The highest BCUT2D eigenvalue weighted by molar-refractivity contribution is 7.92. The van der Waals surface area contributed by atoms with Crippen LogP contribution in [0.15, 0.2) is 66.1 Å². The molecule has 26 heavy (non-hydrogen) atoms. The van der Waals surface area contributed by atoms with Crippen LogP contribution in [0.1, 0.15) is 11.1 Å². The first kappa shape index (κ1) is 18.0. The zero-order chi connectivity index (χ0) is 18.9. The monoisotopic (exact) mass is 381 g/mol. The summed E-state index contributed by atoms with van der Waals surface area (Å²) in [6.45, 7) is 1.80. The molecule has 0 bridgehead atoms. The van der Waals surface area contributed by atoms with Crippen LogP contribution in [-0.4, -0.2) is 18.0 Å². The lowest BCUT2D eigenvalue weighted by molar-refractivity contribution is -0.137. The minimum atomic E-state index is -4.66. The Balaban J connectivity index is 2.00. The highest BCUT2D eigenvalue weighted by Crippen LogP contribution is 2.36. The SMILES string of the molecule is Cc1ccc(S(=O)(=O)Nc2ccc(-n3ccnc3)c(C(F)(F)F)c2)cc1. The maximum Gasteiger partial charge on any atom is 0.418 e.